The number of hydrogen-bond donors (Lipinski definition) is 2. The van der Waals surface area contributed by atoms with E-state index in [1.807, 2.05) is 17.5 Å². The number of sulfonamides is 1. The number of methoxy groups -OCH3 is 1. The van der Waals surface area contributed by atoms with E-state index in [9.17, 15) is 13.2 Å². The standard InChI is InChI=1S/C14H16N2O4S2/c1-20-12-6-4-10(9-13(12)22(15,18)19)16-14(17)7-5-11-3-2-8-21-11/h2-4,6,8-9H,5,7H2,1H3,(H,16,17)(H2,15,18,19). The number of benzene rings is 1. The van der Waals surface area contributed by atoms with Crippen LogP contribution in [0.15, 0.2) is 40.6 Å². The Hall–Kier alpha value is -1.90. The van der Waals surface area contributed by atoms with Crippen molar-refractivity contribution in [2.24, 2.45) is 5.14 Å². The minimum Gasteiger partial charge on any atom is -0.495 e. The number of rotatable bonds is 6. The minimum absolute atomic E-state index is 0.138. The predicted molar refractivity (Wildman–Crippen MR) is 85.6 cm³/mol. The number of ether oxygens (including phenoxy) is 1. The van der Waals surface area contributed by atoms with Crippen LogP contribution in [0.3, 0.4) is 0 Å². The average Bonchev–Trinajstić information content (AvgIpc) is 2.97. The maximum Gasteiger partial charge on any atom is 0.241 e. The van der Waals surface area contributed by atoms with Crippen LogP contribution in [0.25, 0.3) is 0 Å². The summed E-state index contributed by atoms with van der Waals surface area (Å²) in [6, 6.07) is 8.20. The van der Waals surface area contributed by atoms with Gasteiger partial charge in [-0.25, -0.2) is 13.6 Å². The van der Waals surface area contributed by atoms with Gasteiger partial charge >= 0.3 is 0 Å². The topological polar surface area (TPSA) is 98.5 Å². The van der Waals surface area contributed by atoms with Gasteiger partial charge in [-0.15, -0.1) is 11.3 Å². The van der Waals surface area contributed by atoms with Crippen molar-refractivity contribution >= 4 is 33.0 Å². The number of carbonyl (C=O) groups excluding carboxylic acids is 1. The summed E-state index contributed by atoms with van der Waals surface area (Å²) in [5, 5.41) is 9.75. The van der Waals surface area contributed by atoms with Gasteiger partial charge in [-0.1, -0.05) is 6.07 Å². The van der Waals surface area contributed by atoms with Crippen molar-refractivity contribution in [1.82, 2.24) is 0 Å². The molecule has 0 bridgehead atoms. The molecule has 0 unspecified atom stereocenters. The van der Waals surface area contributed by atoms with Gasteiger partial charge in [0.1, 0.15) is 10.6 Å². The van der Waals surface area contributed by atoms with Gasteiger partial charge in [0.2, 0.25) is 15.9 Å². The number of carbonyl (C=O) groups is 1. The first-order chi connectivity index (χ1) is 10.4. The summed E-state index contributed by atoms with van der Waals surface area (Å²) in [6.07, 6.45) is 0.957. The number of aryl methyl sites for hydroxylation is 1. The van der Waals surface area contributed by atoms with E-state index < -0.39 is 10.0 Å². The first-order valence-corrected chi connectivity index (χ1v) is 8.86. The second kappa shape index (κ2) is 6.91. The fourth-order valence-electron chi connectivity index (χ4n) is 1.89. The van der Waals surface area contributed by atoms with Gasteiger partial charge in [-0.3, -0.25) is 4.79 Å². The molecule has 22 heavy (non-hydrogen) atoms. The second-order valence-electron chi connectivity index (χ2n) is 4.54. The van der Waals surface area contributed by atoms with Gasteiger partial charge in [-0.05, 0) is 36.1 Å². The molecule has 2 aromatic rings. The van der Waals surface area contributed by atoms with Gasteiger partial charge in [0.25, 0.3) is 0 Å². The first-order valence-electron chi connectivity index (χ1n) is 6.43. The Labute approximate surface area is 133 Å². The van der Waals surface area contributed by atoms with E-state index in [0.717, 1.165) is 4.88 Å². The maximum absolute atomic E-state index is 11.9. The first kappa shape index (κ1) is 16.5. The molecule has 1 aromatic carbocycles. The molecule has 118 valence electrons. The van der Waals surface area contributed by atoms with Gasteiger partial charge < -0.3 is 10.1 Å². The molecule has 3 N–H and O–H groups in total. The van der Waals surface area contributed by atoms with E-state index in [4.69, 9.17) is 9.88 Å². The highest BCUT2D eigenvalue weighted by atomic mass is 32.2. The van der Waals surface area contributed by atoms with Crippen molar-refractivity contribution in [3.8, 4) is 5.75 Å². The summed E-state index contributed by atoms with van der Waals surface area (Å²) in [4.78, 5) is 12.9. The predicted octanol–water partition coefficient (Wildman–Crippen LogP) is 1.98. The zero-order valence-electron chi connectivity index (χ0n) is 11.9. The van der Waals surface area contributed by atoms with Crippen LogP contribution in [0.5, 0.6) is 5.75 Å². The van der Waals surface area contributed by atoms with Crippen LogP contribution in [-0.4, -0.2) is 21.4 Å². The van der Waals surface area contributed by atoms with Gasteiger partial charge in [0, 0.05) is 17.0 Å². The highest BCUT2D eigenvalue weighted by molar-refractivity contribution is 7.89. The molecule has 1 aromatic heterocycles. The van der Waals surface area contributed by atoms with Gasteiger partial charge in [0.15, 0.2) is 0 Å². The van der Waals surface area contributed by atoms with Crippen LogP contribution in [0.1, 0.15) is 11.3 Å². The lowest BCUT2D eigenvalue weighted by Gasteiger charge is -2.10. The molecule has 0 aliphatic carbocycles. The van der Waals surface area contributed by atoms with Crippen molar-refractivity contribution < 1.29 is 17.9 Å². The quantitative estimate of drug-likeness (QED) is 0.840. The number of primary sulfonamides is 1. The molecule has 1 amide bonds. The molecule has 0 atom stereocenters. The third kappa shape index (κ3) is 4.30. The molecule has 0 aliphatic rings. The third-order valence-corrected chi connectivity index (χ3v) is 4.80. The highest BCUT2D eigenvalue weighted by Gasteiger charge is 2.16. The second-order valence-corrected chi connectivity index (χ2v) is 7.10. The fourth-order valence-corrected chi connectivity index (χ4v) is 3.32. The molecule has 2 rings (SSSR count). The van der Waals surface area contributed by atoms with Crippen LogP contribution < -0.4 is 15.2 Å². The molecule has 0 spiro atoms. The summed E-state index contributed by atoms with van der Waals surface area (Å²) in [5.74, 6) is -0.0574. The Bertz CT molecular complexity index is 755. The Morgan fingerprint density at radius 2 is 2.14 bits per heavy atom. The van der Waals surface area contributed by atoms with Gasteiger partial charge in [-0.2, -0.15) is 0 Å². The van der Waals surface area contributed by atoms with Crippen LogP contribution in [0, 0.1) is 0 Å². The molecule has 0 fully saturated rings. The van der Waals surface area contributed by atoms with Crippen LogP contribution in [-0.2, 0) is 21.2 Å². The van der Waals surface area contributed by atoms with Crippen molar-refractivity contribution in [1.29, 1.82) is 0 Å². The monoisotopic (exact) mass is 340 g/mol. The molecule has 0 aliphatic heterocycles. The molecule has 1 heterocycles. The van der Waals surface area contributed by atoms with E-state index in [0.29, 0.717) is 18.5 Å². The molecule has 0 saturated heterocycles. The lowest BCUT2D eigenvalue weighted by molar-refractivity contribution is -0.116. The van der Waals surface area contributed by atoms with E-state index in [2.05, 4.69) is 5.32 Å². The number of thiophene rings is 1. The van der Waals surface area contributed by atoms with Crippen LogP contribution >= 0.6 is 11.3 Å². The third-order valence-electron chi connectivity index (χ3n) is 2.93. The Balaban J connectivity index is 2.08. The molecule has 6 nitrogen and oxygen atoms in total. The summed E-state index contributed by atoms with van der Waals surface area (Å²) in [6.45, 7) is 0. The maximum atomic E-state index is 11.9. The Morgan fingerprint density at radius 1 is 1.36 bits per heavy atom. The highest BCUT2D eigenvalue weighted by Crippen LogP contribution is 2.26. The molecule has 8 heteroatoms. The van der Waals surface area contributed by atoms with Crippen molar-refractivity contribution in [3.63, 3.8) is 0 Å². The lowest BCUT2D eigenvalue weighted by Crippen LogP contribution is -2.16. The smallest absolute Gasteiger partial charge is 0.241 e. The number of amides is 1. The largest absolute Gasteiger partial charge is 0.495 e. The lowest BCUT2D eigenvalue weighted by atomic mass is 10.2. The average molecular weight is 340 g/mol. The Kier molecular flexibility index (Phi) is 5.17. The normalized spacial score (nSPS) is 11.2. The SMILES string of the molecule is COc1ccc(NC(=O)CCc2cccs2)cc1S(N)(=O)=O. The van der Waals surface area contributed by atoms with Crippen LogP contribution in [0.2, 0.25) is 0 Å². The van der Waals surface area contributed by atoms with E-state index >= 15 is 0 Å². The van der Waals surface area contributed by atoms with Crippen LogP contribution in [0.4, 0.5) is 5.69 Å². The summed E-state index contributed by atoms with van der Waals surface area (Å²) in [5.41, 5.74) is 0.362. The zero-order chi connectivity index (χ0) is 16.2. The number of anilines is 1. The molecule has 0 saturated carbocycles. The zero-order valence-corrected chi connectivity index (χ0v) is 13.5. The van der Waals surface area contributed by atoms with Gasteiger partial charge in [0.05, 0.1) is 7.11 Å². The van der Waals surface area contributed by atoms with Crippen molar-refractivity contribution in [3.05, 3.63) is 40.6 Å². The van der Waals surface area contributed by atoms with E-state index in [-0.39, 0.29) is 16.6 Å². The number of nitrogens with one attached hydrogen (secondary N) is 1. The van der Waals surface area contributed by atoms with Crippen molar-refractivity contribution in [2.75, 3.05) is 12.4 Å². The molecular weight excluding hydrogens is 324 g/mol. The van der Waals surface area contributed by atoms with E-state index in [1.54, 1.807) is 17.4 Å². The molecule has 0 radical (unpaired) electrons. The number of nitrogens with two attached hydrogens (primary N) is 1. The molecular formula is C14H16N2O4S2. The fraction of sp³-hybridized carbons (Fsp3) is 0.214. The summed E-state index contributed by atoms with van der Waals surface area (Å²) < 4.78 is 28.0. The van der Waals surface area contributed by atoms with Crippen molar-refractivity contribution in [2.45, 2.75) is 17.7 Å². The minimum atomic E-state index is -3.93. The summed E-state index contributed by atoms with van der Waals surface area (Å²) in [7, 11) is -2.58. The summed E-state index contributed by atoms with van der Waals surface area (Å²) >= 11 is 1.59. The van der Waals surface area contributed by atoms with E-state index in [1.165, 1.54) is 19.2 Å². The Morgan fingerprint density at radius 3 is 2.73 bits per heavy atom. The number of hydrogen-bond acceptors (Lipinski definition) is 5.